The van der Waals surface area contributed by atoms with Gasteiger partial charge in [0.25, 0.3) is 10.0 Å². The van der Waals surface area contributed by atoms with E-state index in [-0.39, 0.29) is 5.09 Å². The van der Waals surface area contributed by atoms with Crippen LogP contribution in [0.5, 0.6) is 11.5 Å². The highest BCUT2D eigenvalue weighted by Gasteiger charge is 2.21. The summed E-state index contributed by atoms with van der Waals surface area (Å²) < 4.78 is 41.6. The summed E-state index contributed by atoms with van der Waals surface area (Å²) in [6.07, 6.45) is 0. The summed E-state index contributed by atoms with van der Waals surface area (Å²) in [6, 6.07) is 10.6. The molecular formula is C17H24N2O5S. The van der Waals surface area contributed by atoms with Gasteiger partial charge >= 0.3 is 0 Å². The van der Waals surface area contributed by atoms with Gasteiger partial charge in [0.2, 0.25) is 5.09 Å². The summed E-state index contributed by atoms with van der Waals surface area (Å²) in [5, 5.41) is -0.0498. The number of hydrogen-bond donors (Lipinski definition) is 0. The minimum atomic E-state index is -3.54. The van der Waals surface area contributed by atoms with Gasteiger partial charge < -0.3 is 13.9 Å². The third-order valence-electron chi connectivity index (χ3n) is 3.60. The minimum absolute atomic E-state index is 0.0498. The number of methoxy groups -OCH3 is 1. The molecule has 8 heteroatoms. The Morgan fingerprint density at radius 1 is 1.04 bits per heavy atom. The molecule has 0 fully saturated rings. The van der Waals surface area contributed by atoms with Gasteiger partial charge in [0.1, 0.15) is 12.4 Å². The third-order valence-corrected chi connectivity index (χ3v) is 5.29. The molecule has 0 spiro atoms. The molecule has 0 aliphatic heterocycles. The summed E-state index contributed by atoms with van der Waals surface area (Å²) in [5.74, 6) is 1.96. The fourth-order valence-electron chi connectivity index (χ4n) is 2.16. The van der Waals surface area contributed by atoms with Crippen molar-refractivity contribution < 1.29 is 22.3 Å². The molecule has 1 aromatic heterocycles. The Morgan fingerprint density at radius 3 is 2.36 bits per heavy atom. The second-order valence-corrected chi connectivity index (χ2v) is 7.83. The van der Waals surface area contributed by atoms with Crippen molar-refractivity contribution in [2.24, 2.45) is 0 Å². The smallest absolute Gasteiger partial charge is 0.275 e. The van der Waals surface area contributed by atoms with Crippen LogP contribution in [-0.4, -0.2) is 59.0 Å². The number of benzene rings is 1. The number of sulfonamides is 1. The topological polar surface area (TPSA) is 72.2 Å². The number of ether oxygens (including phenoxy) is 2. The maximum atomic E-state index is 12.0. The van der Waals surface area contributed by atoms with Crippen molar-refractivity contribution in [1.29, 1.82) is 0 Å². The molecule has 0 radical (unpaired) electrons. The van der Waals surface area contributed by atoms with Crippen molar-refractivity contribution in [1.82, 2.24) is 9.21 Å². The van der Waals surface area contributed by atoms with E-state index in [2.05, 4.69) is 0 Å². The summed E-state index contributed by atoms with van der Waals surface area (Å²) in [5.41, 5.74) is 0. The third kappa shape index (κ3) is 4.97. The monoisotopic (exact) mass is 368 g/mol. The standard InChI is InChI=1S/C17H24N2O5S/c1-18(2)25(20,21)17-10-9-14(24-17)13-19(3)11-12-23-16-8-6-5-7-15(16)22-4/h5-10H,11-13H2,1-4H3. The highest BCUT2D eigenvalue weighted by atomic mass is 32.2. The first-order valence-electron chi connectivity index (χ1n) is 7.80. The second kappa shape index (κ2) is 8.37. The van der Waals surface area contributed by atoms with Crippen molar-refractivity contribution >= 4 is 10.0 Å². The number of rotatable bonds is 9. The molecule has 25 heavy (non-hydrogen) atoms. The molecule has 0 saturated carbocycles. The Hall–Kier alpha value is -2.03. The molecule has 0 N–H and O–H groups in total. The maximum absolute atomic E-state index is 12.0. The molecule has 0 bridgehead atoms. The van der Waals surface area contributed by atoms with Crippen LogP contribution in [0, 0.1) is 0 Å². The first kappa shape index (κ1) is 19.3. The van der Waals surface area contributed by atoms with Crippen LogP contribution < -0.4 is 9.47 Å². The lowest BCUT2D eigenvalue weighted by Crippen LogP contribution is -2.24. The first-order chi connectivity index (χ1) is 11.8. The Bertz CT molecular complexity index is 786. The molecule has 138 valence electrons. The van der Waals surface area contributed by atoms with Gasteiger partial charge in [-0.05, 0) is 31.3 Å². The molecular weight excluding hydrogens is 344 g/mol. The van der Waals surface area contributed by atoms with E-state index in [4.69, 9.17) is 13.9 Å². The quantitative estimate of drug-likeness (QED) is 0.675. The fourth-order valence-corrected chi connectivity index (χ4v) is 2.97. The van der Waals surface area contributed by atoms with Crippen LogP contribution in [-0.2, 0) is 16.6 Å². The summed E-state index contributed by atoms with van der Waals surface area (Å²) in [6.45, 7) is 1.60. The fraction of sp³-hybridized carbons (Fsp3) is 0.412. The SMILES string of the molecule is COc1ccccc1OCCN(C)Cc1ccc(S(=O)(=O)N(C)C)o1. The van der Waals surface area contributed by atoms with E-state index in [9.17, 15) is 8.42 Å². The van der Waals surface area contributed by atoms with Crippen molar-refractivity contribution in [2.45, 2.75) is 11.6 Å². The molecule has 2 rings (SSSR count). The van der Waals surface area contributed by atoms with Crippen LogP contribution in [0.25, 0.3) is 0 Å². The highest BCUT2D eigenvalue weighted by Crippen LogP contribution is 2.25. The molecule has 1 heterocycles. The number of furan rings is 1. The number of nitrogens with zero attached hydrogens (tertiary/aromatic N) is 2. The van der Waals surface area contributed by atoms with Gasteiger partial charge in [0, 0.05) is 20.6 Å². The van der Waals surface area contributed by atoms with Gasteiger partial charge in [-0.15, -0.1) is 0 Å². The Labute approximate surface area is 148 Å². The van der Waals surface area contributed by atoms with Crippen molar-refractivity contribution in [3.8, 4) is 11.5 Å². The molecule has 2 aromatic rings. The van der Waals surface area contributed by atoms with Gasteiger partial charge in [-0.3, -0.25) is 4.90 Å². The zero-order valence-electron chi connectivity index (χ0n) is 14.9. The average molecular weight is 368 g/mol. The molecule has 0 unspecified atom stereocenters. The van der Waals surface area contributed by atoms with E-state index < -0.39 is 10.0 Å². The van der Waals surface area contributed by atoms with Gasteiger partial charge in [0.15, 0.2) is 11.5 Å². The van der Waals surface area contributed by atoms with Gasteiger partial charge in [-0.25, -0.2) is 12.7 Å². The van der Waals surface area contributed by atoms with E-state index in [0.717, 1.165) is 4.31 Å². The molecule has 7 nitrogen and oxygen atoms in total. The van der Waals surface area contributed by atoms with Crippen LogP contribution in [0.1, 0.15) is 5.76 Å². The van der Waals surface area contributed by atoms with E-state index in [1.807, 2.05) is 36.2 Å². The molecule has 0 amide bonds. The lowest BCUT2D eigenvalue weighted by atomic mass is 10.3. The summed E-state index contributed by atoms with van der Waals surface area (Å²) in [4.78, 5) is 1.99. The zero-order valence-corrected chi connectivity index (χ0v) is 15.7. The highest BCUT2D eigenvalue weighted by molar-refractivity contribution is 7.88. The summed E-state index contributed by atoms with van der Waals surface area (Å²) >= 11 is 0. The minimum Gasteiger partial charge on any atom is -0.493 e. The van der Waals surface area contributed by atoms with Crippen LogP contribution in [0.3, 0.4) is 0 Å². The number of hydrogen-bond acceptors (Lipinski definition) is 6. The lowest BCUT2D eigenvalue weighted by Gasteiger charge is -2.16. The van der Waals surface area contributed by atoms with Crippen LogP contribution in [0.15, 0.2) is 45.9 Å². The maximum Gasteiger partial charge on any atom is 0.275 e. The Kier molecular flexibility index (Phi) is 6.46. The second-order valence-electron chi connectivity index (χ2n) is 5.75. The summed E-state index contributed by atoms with van der Waals surface area (Å²) in [7, 11) is 2.91. The molecule has 0 aliphatic rings. The van der Waals surface area contributed by atoms with Crippen molar-refractivity contribution in [3.05, 3.63) is 42.2 Å². The van der Waals surface area contributed by atoms with Gasteiger partial charge in [0.05, 0.1) is 13.7 Å². The predicted octanol–water partition coefficient (Wildman–Crippen LogP) is 2.05. The van der Waals surface area contributed by atoms with E-state index in [0.29, 0.717) is 37.0 Å². The van der Waals surface area contributed by atoms with Crippen LogP contribution in [0.4, 0.5) is 0 Å². The predicted molar refractivity (Wildman–Crippen MR) is 94.4 cm³/mol. The van der Waals surface area contributed by atoms with E-state index in [1.54, 1.807) is 13.2 Å². The largest absolute Gasteiger partial charge is 0.493 e. The number of likely N-dealkylation sites (N-methyl/N-ethyl adjacent to an activating group) is 1. The molecule has 0 aliphatic carbocycles. The van der Waals surface area contributed by atoms with Crippen molar-refractivity contribution in [2.75, 3.05) is 41.4 Å². The molecule has 0 atom stereocenters. The average Bonchev–Trinajstić information content (AvgIpc) is 3.04. The van der Waals surface area contributed by atoms with Crippen LogP contribution >= 0.6 is 0 Å². The van der Waals surface area contributed by atoms with Gasteiger partial charge in [-0.1, -0.05) is 12.1 Å². The zero-order chi connectivity index (χ0) is 18.4. The van der Waals surface area contributed by atoms with E-state index >= 15 is 0 Å². The van der Waals surface area contributed by atoms with E-state index in [1.165, 1.54) is 20.2 Å². The Balaban J connectivity index is 1.87. The lowest BCUT2D eigenvalue weighted by molar-refractivity contribution is 0.213. The van der Waals surface area contributed by atoms with Gasteiger partial charge in [-0.2, -0.15) is 0 Å². The Morgan fingerprint density at radius 2 is 1.72 bits per heavy atom. The normalized spacial score (nSPS) is 11.9. The molecule has 0 saturated heterocycles. The van der Waals surface area contributed by atoms with Crippen LogP contribution in [0.2, 0.25) is 0 Å². The van der Waals surface area contributed by atoms with Crippen molar-refractivity contribution in [3.63, 3.8) is 0 Å². The number of para-hydroxylation sites is 2. The molecule has 1 aromatic carbocycles. The first-order valence-corrected chi connectivity index (χ1v) is 9.24.